The summed E-state index contributed by atoms with van der Waals surface area (Å²) in [5.74, 6) is 0. The van der Waals surface area contributed by atoms with Crippen molar-refractivity contribution in [2.75, 3.05) is 51.2 Å². The molecule has 7 heteroatoms. The zero-order chi connectivity index (χ0) is 15.2. The molecule has 0 radical (unpaired) electrons. The maximum Gasteiger partial charge on any atom is 0.287 e. The van der Waals surface area contributed by atoms with Crippen molar-refractivity contribution in [3.8, 4) is 6.07 Å². The maximum absolute atomic E-state index is 10.8. The maximum atomic E-state index is 10.8. The third-order valence-electron chi connectivity index (χ3n) is 3.70. The molecule has 1 aromatic rings. The highest BCUT2D eigenvalue weighted by atomic mass is 16.6. The van der Waals surface area contributed by atoms with Crippen molar-refractivity contribution in [2.24, 2.45) is 0 Å². The molecule has 0 amide bonds. The molecule has 1 N–H and O–H groups in total. The van der Waals surface area contributed by atoms with Gasteiger partial charge in [-0.15, -0.1) is 0 Å². The Kier molecular flexibility index (Phi) is 5.09. The lowest BCUT2D eigenvalue weighted by atomic mass is 10.1. The van der Waals surface area contributed by atoms with E-state index >= 15 is 0 Å². The predicted molar refractivity (Wildman–Crippen MR) is 80.4 cm³/mol. The van der Waals surface area contributed by atoms with Crippen LogP contribution >= 0.6 is 0 Å². The molecule has 2 rings (SSSR count). The number of nitrogens with zero attached hydrogens (tertiary/aromatic N) is 4. The molecule has 0 bridgehead atoms. The first-order valence-electron chi connectivity index (χ1n) is 6.94. The quantitative estimate of drug-likeness (QED) is 0.637. The summed E-state index contributed by atoms with van der Waals surface area (Å²) in [6.45, 7) is 5.87. The average molecular weight is 289 g/mol. The Hall–Kier alpha value is -2.17. The Bertz CT molecular complexity index is 549. The second-order valence-corrected chi connectivity index (χ2v) is 5.08. The molecule has 7 nitrogen and oxygen atoms in total. The minimum Gasteiger partial charge on any atom is -0.373 e. The summed E-state index contributed by atoms with van der Waals surface area (Å²) in [5, 5.41) is 23.2. The van der Waals surface area contributed by atoms with Gasteiger partial charge in [-0.2, -0.15) is 5.26 Å². The Balaban J connectivity index is 2.00. The lowest BCUT2D eigenvalue weighted by molar-refractivity contribution is -0.385. The van der Waals surface area contributed by atoms with Gasteiger partial charge in [0.2, 0.25) is 0 Å². The summed E-state index contributed by atoms with van der Waals surface area (Å²) < 4.78 is 0. The molecule has 0 aromatic heterocycles. The number of hydrogen-bond acceptors (Lipinski definition) is 6. The van der Waals surface area contributed by atoms with Crippen LogP contribution < -0.4 is 10.2 Å². The average Bonchev–Trinajstić information content (AvgIpc) is 2.52. The van der Waals surface area contributed by atoms with Gasteiger partial charge in [0.25, 0.3) is 5.69 Å². The van der Waals surface area contributed by atoms with Gasteiger partial charge in [-0.3, -0.25) is 15.0 Å². The molecule has 0 atom stereocenters. The number of rotatable bonds is 5. The number of hydrogen-bond donors (Lipinski definition) is 1. The molecular weight excluding hydrogens is 270 g/mol. The van der Waals surface area contributed by atoms with Crippen molar-refractivity contribution < 1.29 is 4.92 Å². The third kappa shape index (κ3) is 3.90. The molecule has 0 spiro atoms. The lowest BCUT2D eigenvalue weighted by Crippen LogP contribution is -2.46. The van der Waals surface area contributed by atoms with Crippen LogP contribution in [0.4, 0.5) is 11.4 Å². The fourth-order valence-electron chi connectivity index (χ4n) is 2.37. The minimum absolute atomic E-state index is 0.103. The molecule has 1 saturated heterocycles. The van der Waals surface area contributed by atoms with Crippen LogP contribution in [0.5, 0.6) is 0 Å². The first-order chi connectivity index (χ1) is 10.1. The van der Waals surface area contributed by atoms with Crippen LogP contribution in [0.1, 0.15) is 5.56 Å². The number of anilines is 1. The van der Waals surface area contributed by atoms with Crippen LogP contribution in [-0.4, -0.2) is 56.1 Å². The van der Waals surface area contributed by atoms with Gasteiger partial charge in [-0.25, -0.2) is 0 Å². The van der Waals surface area contributed by atoms with E-state index in [0.29, 0.717) is 0 Å². The minimum atomic E-state index is -0.525. The van der Waals surface area contributed by atoms with Gasteiger partial charge in [-0.05, 0) is 12.1 Å². The largest absolute Gasteiger partial charge is 0.373 e. The van der Waals surface area contributed by atoms with Crippen LogP contribution in [-0.2, 0) is 0 Å². The second-order valence-electron chi connectivity index (χ2n) is 5.08. The number of likely N-dealkylation sites (N-methyl/N-ethyl adjacent to an activating group) is 1. The van der Waals surface area contributed by atoms with Gasteiger partial charge in [0.1, 0.15) is 11.6 Å². The van der Waals surface area contributed by atoms with Gasteiger partial charge in [0.15, 0.2) is 0 Å². The Labute approximate surface area is 123 Å². The molecule has 1 aliphatic rings. The van der Waals surface area contributed by atoms with Crippen molar-refractivity contribution in [1.82, 2.24) is 10.2 Å². The molecule has 21 heavy (non-hydrogen) atoms. The van der Waals surface area contributed by atoms with E-state index in [-0.39, 0.29) is 11.3 Å². The topological polar surface area (TPSA) is 85.4 Å². The molecule has 1 fully saturated rings. The number of nitriles is 1. The van der Waals surface area contributed by atoms with Crippen molar-refractivity contribution in [1.29, 1.82) is 5.26 Å². The number of benzene rings is 1. The Morgan fingerprint density at radius 3 is 2.81 bits per heavy atom. The Morgan fingerprint density at radius 2 is 2.19 bits per heavy atom. The van der Waals surface area contributed by atoms with Crippen molar-refractivity contribution in [3.63, 3.8) is 0 Å². The summed E-state index contributed by atoms with van der Waals surface area (Å²) in [7, 11) is 1.94. The van der Waals surface area contributed by atoms with Gasteiger partial charge < -0.3 is 10.2 Å². The van der Waals surface area contributed by atoms with E-state index in [1.165, 1.54) is 6.07 Å². The van der Waals surface area contributed by atoms with Crippen LogP contribution in [0.3, 0.4) is 0 Å². The smallest absolute Gasteiger partial charge is 0.287 e. The molecule has 1 aromatic carbocycles. The van der Waals surface area contributed by atoms with Gasteiger partial charge in [0, 0.05) is 58.1 Å². The fourth-order valence-corrected chi connectivity index (χ4v) is 2.37. The molecule has 112 valence electrons. The van der Waals surface area contributed by atoms with Gasteiger partial charge in [-0.1, -0.05) is 0 Å². The number of nitrogens with one attached hydrogen (secondary N) is 1. The van der Waals surface area contributed by atoms with E-state index in [1.807, 2.05) is 18.0 Å². The van der Waals surface area contributed by atoms with Crippen molar-refractivity contribution >= 4 is 11.4 Å². The monoisotopic (exact) mass is 289 g/mol. The standard InChI is InChI=1S/C14H19N5O2/c1-17(8-9-18-6-4-16-5-7-18)13-2-3-14(19(20)21)12(10-13)11-15/h2-3,10,16H,4-9H2,1H3. The van der Waals surface area contributed by atoms with Crippen LogP contribution in [0.25, 0.3) is 0 Å². The predicted octanol–water partition coefficient (Wildman–Crippen LogP) is 0.808. The number of nitro benzene ring substituents is 1. The van der Waals surface area contributed by atoms with E-state index in [9.17, 15) is 10.1 Å². The summed E-state index contributed by atoms with van der Waals surface area (Å²) in [5.41, 5.74) is 0.788. The van der Waals surface area contributed by atoms with Gasteiger partial charge in [0.05, 0.1) is 4.92 Å². The number of nitro groups is 1. The first kappa shape index (κ1) is 15.2. The lowest BCUT2D eigenvalue weighted by Gasteiger charge is -2.29. The molecule has 0 aliphatic carbocycles. The highest BCUT2D eigenvalue weighted by Crippen LogP contribution is 2.23. The molecule has 1 aliphatic heterocycles. The third-order valence-corrected chi connectivity index (χ3v) is 3.70. The van der Waals surface area contributed by atoms with Gasteiger partial charge >= 0.3 is 0 Å². The van der Waals surface area contributed by atoms with E-state index in [4.69, 9.17) is 5.26 Å². The molecule has 0 saturated carbocycles. The molecular formula is C14H19N5O2. The summed E-state index contributed by atoms with van der Waals surface area (Å²) in [6.07, 6.45) is 0. The van der Waals surface area contributed by atoms with Crippen LogP contribution in [0, 0.1) is 21.4 Å². The Morgan fingerprint density at radius 1 is 1.48 bits per heavy atom. The van der Waals surface area contributed by atoms with Crippen molar-refractivity contribution in [2.45, 2.75) is 0 Å². The van der Waals surface area contributed by atoms with E-state index < -0.39 is 4.92 Å². The zero-order valence-corrected chi connectivity index (χ0v) is 12.1. The summed E-state index contributed by atoms with van der Waals surface area (Å²) in [4.78, 5) is 14.7. The normalized spacial score (nSPS) is 15.4. The highest BCUT2D eigenvalue weighted by molar-refractivity contribution is 5.59. The first-order valence-corrected chi connectivity index (χ1v) is 6.94. The number of piperazine rings is 1. The SMILES string of the molecule is CN(CCN1CCNCC1)c1ccc([N+](=O)[O-])c(C#N)c1. The van der Waals surface area contributed by atoms with E-state index in [2.05, 4.69) is 10.2 Å². The molecule has 1 heterocycles. The van der Waals surface area contributed by atoms with Crippen molar-refractivity contribution in [3.05, 3.63) is 33.9 Å². The molecule has 0 unspecified atom stereocenters. The van der Waals surface area contributed by atoms with E-state index in [0.717, 1.165) is 45.0 Å². The summed E-state index contributed by atoms with van der Waals surface area (Å²) >= 11 is 0. The highest BCUT2D eigenvalue weighted by Gasteiger charge is 2.16. The van der Waals surface area contributed by atoms with E-state index in [1.54, 1.807) is 12.1 Å². The zero-order valence-electron chi connectivity index (χ0n) is 12.1. The fraction of sp³-hybridized carbons (Fsp3) is 0.500. The van der Waals surface area contributed by atoms with Crippen LogP contribution in [0.2, 0.25) is 0 Å². The summed E-state index contributed by atoms with van der Waals surface area (Å²) in [6, 6.07) is 6.56. The van der Waals surface area contributed by atoms with Crippen LogP contribution in [0.15, 0.2) is 18.2 Å². The second kappa shape index (κ2) is 7.02.